The molecular formula is C17H26N2O2S. The van der Waals surface area contributed by atoms with E-state index in [1.54, 1.807) is 11.3 Å². The van der Waals surface area contributed by atoms with E-state index >= 15 is 0 Å². The van der Waals surface area contributed by atoms with E-state index < -0.39 is 0 Å². The summed E-state index contributed by atoms with van der Waals surface area (Å²) < 4.78 is 0. The average Bonchev–Trinajstić information content (AvgIpc) is 3.24. The summed E-state index contributed by atoms with van der Waals surface area (Å²) >= 11 is 1.75. The highest BCUT2D eigenvalue weighted by atomic mass is 32.1. The Labute approximate surface area is 136 Å². The predicted molar refractivity (Wildman–Crippen MR) is 88.8 cm³/mol. The van der Waals surface area contributed by atoms with Gasteiger partial charge >= 0.3 is 0 Å². The summed E-state index contributed by atoms with van der Waals surface area (Å²) in [6.45, 7) is 6.51. The lowest BCUT2D eigenvalue weighted by molar-refractivity contribution is -0.137. The van der Waals surface area contributed by atoms with Crippen LogP contribution in [0, 0.1) is 5.92 Å². The quantitative estimate of drug-likeness (QED) is 0.926. The third kappa shape index (κ3) is 3.07. The van der Waals surface area contributed by atoms with Crippen molar-refractivity contribution in [1.29, 1.82) is 0 Å². The van der Waals surface area contributed by atoms with Gasteiger partial charge in [-0.2, -0.15) is 0 Å². The summed E-state index contributed by atoms with van der Waals surface area (Å²) in [5.41, 5.74) is 0. The minimum Gasteiger partial charge on any atom is -0.393 e. The molecule has 1 amide bonds. The van der Waals surface area contributed by atoms with E-state index in [1.165, 1.54) is 4.88 Å². The van der Waals surface area contributed by atoms with Crippen molar-refractivity contribution in [2.24, 2.45) is 5.92 Å². The number of rotatable bonds is 4. The van der Waals surface area contributed by atoms with Crippen molar-refractivity contribution < 1.29 is 9.90 Å². The van der Waals surface area contributed by atoms with E-state index in [0.717, 1.165) is 38.9 Å². The Balaban J connectivity index is 1.65. The van der Waals surface area contributed by atoms with Gasteiger partial charge in [0.1, 0.15) is 0 Å². The van der Waals surface area contributed by atoms with Crippen LogP contribution in [0.2, 0.25) is 0 Å². The Morgan fingerprint density at radius 2 is 2.18 bits per heavy atom. The highest BCUT2D eigenvalue weighted by Gasteiger charge is 2.37. The monoisotopic (exact) mass is 322 g/mol. The van der Waals surface area contributed by atoms with E-state index in [1.807, 2.05) is 13.8 Å². The van der Waals surface area contributed by atoms with Gasteiger partial charge in [-0.15, -0.1) is 11.3 Å². The molecule has 1 N–H and O–H groups in total. The highest BCUT2D eigenvalue weighted by Crippen LogP contribution is 2.35. The average molecular weight is 322 g/mol. The molecule has 0 spiro atoms. The van der Waals surface area contributed by atoms with E-state index in [-0.39, 0.29) is 24.1 Å². The van der Waals surface area contributed by atoms with Crippen LogP contribution in [0.1, 0.15) is 44.0 Å². The number of likely N-dealkylation sites (tertiary alicyclic amines) is 2. The maximum atomic E-state index is 12.9. The molecule has 5 heteroatoms. The standard InChI is InChI=1S/C17H26N2O2S/c1-12(18-9-7-14(11-18)13(2)20)17(21)19-8-3-5-15(19)16-6-4-10-22-16/h4,6,10,12-15,20H,3,5,7-9,11H2,1-2H3. The van der Waals surface area contributed by atoms with Crippen LogP contribution >= 0.6 is 11.3 Å². The summed E-state index contributed by atoms with van der Waals surface area (Å²) in [5, 5.41) is 11.8. The van der Waals surface area contributed by atoms with E-state index in [2.05, 4.69) is 27.3 Å². The van der Waals surface area contributed by atoms with Gasteiger partial charge in [0.05, 0.1) is 18.2 Å². The van der Waals surface area contributed by atoms with Crippen molar-refractivity contribution in [3.05, 3.63) is 22.4 Å². The molecule has 2 fully saturated rings. The van der Waals surface area contributed by atoms with Crippen LogP contribution in [0.15, 0.2) is 17.5 Å². The number of hydrogen-bond acceptors (Lipinski definition) is 4. The van der Waals surface area contributed by atoms with Gasteiger partial charge in [-0.1, -0.05) is 6.07 Å². The van der Waals surface area contributed by atoms with Gasteiger partial charge in [-0.05, 0) is 57.0 Å². The number of carbonyl (C=O) groups excluding carboxylic acids is 1. The van der Waals surface area contributed by atoms with E-state index in [0.29, 0.717) is 5.92 Å². The topological polar surface area (TPSA) is 43.8 Å². The van der Waals surface area contributed by atoms with Crippen LogP contribution in [0.3, 0.4) is 0 Å². The Morgan fingerprint density at radius 1 is 1.36 bits per heavy atom. The third-order valence-electron chi connectivity index (χ3n) is 5.25. The Kier molecular flexibility index (Phi) is 4.85. The van der Waals surface area contributed by atoms with Crippen LogP contribution in [0.25, 0.3) is 0 Å². The smallest absolute Gasteiger partial charge is 0.240 e. The first kappa shape index (κ1) is 16.0. The molecule has 1 aromatic heterocycles. The molecule has 122 valence electrons. The maximum Gasteiger partial charge on any atom is 0.240 e. The maximum absolute atomic E-state index is 12.9. The molecule has 3 heterocycles. The summed E-state index contributed by atoms with van der Waals surface area (Å²) in [5.74, 6) is 0.559. The Hall–Kier alpha value is -0.910. The Bertz CT molecular complexity index is 503. The molecule has 3 rings (SSSR count). The van der Waals surface area contributed by atoms with Gasteiger partial charge in [0.15, 0.2) is 0 Å². The molecule has 0 aromatic carbocycles. The lowest BCUT2D eigenvalue weighted by Crippen LogP contribution is -2.46. The normalized spacial score (nSPS) is 29.0. The molecule has 4 unspecified atom stereocenters. The molecule has 4 nitrogen and oxygen atoms in total. The van der Waals surface area contributed by atoms with Gasteiger partial charge in [0.25, 0.3) is 0 Å². The molecule has 0 bridgehead atoms. The summed E-state index contributed by atoms with van der Waals surface area (Å²) in [4.78, 5) is 18.6. The van der Waals surface area contributed by atoms with Crippen molar-refractivity contribution in [3.63, 3.8) is 0 Å². The van der Waals surface area contributed by atoms with Crippen LogP contribution < -0.4 is 0 Å². The Morgan fingerprint density at radius 3 is 2.82 bits per heavy atom. The predicted octanol–water partition coefficient (Wildman–Crippen LogP) is 2.50. The van der Waals surface area contributed by atoms with Crippen LogP contribution in [0.5, 0.6) is 0 Å². The van der Waals surface area contributed by atoms with Gasteiger partial charge in [-0.3, -0.25) is 9.69 Å². The number of aliphatic hydroxyl groups is 1. The minimum absolute atomic E-state index is 0.0793. The zero-order valence-corrected chi connectivity index (χ0v) is 14.3. The fourth-order valence-electron chi connectivity index (χ4n) is 3.76. The van der Waals surface area contributed by atoms with Crippen molar-refractivity contribution in [2.75, 3.05) is 19.6 Å². The van der Waals surface area contributed by atoms with Crippen molar-refractivity contribution in [3.8, 4) is 0 Å². The highest BCUT2D eigenvalue weighted by molar-refractivity contribution is 7.10. The fourth-order valence-corrected chi connectivity index (χ4v) is 4.64. The minimum atomic E-state index is -0.280. The van der Waals surface area contributed by atoms with Crippen LogP contribution in [-0.4, -0.2) is 52.6 Å². The van der Waals surface area contributed by atoms with Gasteiger partial charge < -0.3 is 10.0 Å². The molecular weight excluding hydrogens is 296 g/mol. The van der Waals surface area contributed by atoms with Gasteiger partial charge in [-0.25, -0.2) is 0 Å². The molecule has 1 aromatic rings. The number of aliphatic hydroxyl groups excluding tert-OH is 1. The number of thiophene rings is 1. The van der Waals surface area contributed by atoms with E-state index in [9.17, 15) is 9.90 Å². The van der Waals surface area contributed by atoms with E-state index in [4.69, 9.17) is 0 Å². The summed E-state index contributed by atoms with van der Waals surface area (Å²) in [7, 11) is 0. The second kappa shape index (κ2) is 6.69. The van der Waals surface area contributed by atoms with Crippen LogP contribution in [-0.2, 0) is 4.79 Å². The van der Waals surface area contributed by atoms with Crippen molar-refractivity contribution in [1.82, 2.24) is 9.80 Å². The second-order valence-corrected chi connectivity index (χ2v) is 7.64. The first-order valence-electron chi connectivity index (χ1n) is 8.34. The molecule has 2 aliphatic rings. The molecule has 22 heavy (non-hydrogen) atoms. The molecule has 0 aliphatic carbocycles. The lowest BCUT2D eigenvalue weighted by atomic mass is 10.0. The molecule has 2 saturated heterocycles. The SMILES string of the molecule is CC(O)C1CCN(C(C)C(=O)N2CCCC2c2cccs2)C1. The molecule has 4 atom stereocenters. The van der Waals surface area contributed by atoms with Crippen LogP contribution in [0.4, 0.5) is 0 Å². The molecule has 0 saturated carbocycles. The van der Waals surface area contributed by atoms with Crippen molar-refractivity contribution >= 4 is 17.2 Å². The second-order valence-electron chi connectivity index (χ2n) is 6.67. The summed E-state index contributed by atoms with van der Waals surface area (Å²) in [6.07, 6.45) is 2.88. The number of amides is 1. The summed E-state index contributed by atoms with van der Waals surface area (Å²) in [6, 6.07) is 4.40. The third-order valence-corrected chi connectivity index (χ3v) is 6.22. The fraction of sp³-hybridized carbons (Fsp3) is 0.706. The number of nitrogens with zero attached hydrogens (tertiary/aromatic N) is 2. The lowest BCUT2D eigenvalue weighted by Gasteiger charge is -2.31. The number of carbonyl (C=O) groups is 1. The largest absolute Gasteiger partial charge is 0.393 e. The van der Waals surface area contributed by atoms with Gasteiger partial charge in [0.2, 0.25) is 5.91 Å². The van der Waals surface area contributed by atoms with Crippen molar-refractivity contribution in [2.45, 2.75) is 51.3 Å². The molecule has 2 aliphatic heterocycles. The first-order valence-corrected chi connectivity index (χ1v) is 9.22. The zero-order chi connectivity index (χ0) is 15.7. The molecule has 0 radical (unpaired) electrons. The van der Waals surface area contributed by atoms with Gasteiger partial charge in [0, 0.05) is 18.0 Å². The number of hydrogen-bond donors (Lipinski definition) is 1. The first-order chi connectivity index (χ1) is 10.6. The zero-order valence-electron chi connectivity index (χ0n) is 13.4.